The van der Waals surface area contributed by atoms with Crippen molar-refractivity contribution in [2.24, 2.45) is 5.41 Å². The van der Waals surface area contributed by atoms with Crippen LogP contribution in [0, 0.1) is 5.41 Å². The summed E-state index contributed by atoms with van der Waals surface area (Å²) in [5.74, 6) is 1.09. The van der Waals surface area contributed by atoms with E-state index in [0.717, 1.165) is 5.88 Å². The highest BCUT2D eigenvalue weighted by molar-refractivity contribution is 5.45. The zero-order valence-electron chi connectivity index (χ0n) is 11.7. The molecule has 0 radical (unpaired) electrons. The Hall–Kier alpha value is -1.83. The molecule has 0 saturated heterocycles. The lowest BCUT2D eigenvalue weighted by Crippen LogP contribution is -2.20. The molecule has 98 valence electrons. The first-order valence-corrected chi connectivity index (χ1v) is 6.73. The summed E-state index contributed by atoms with van der Waals surface area (Å²) >= 11 is 0. The second-order valence-electron chi connectivity index (χ2n) is 6.18. The van der Waals surface area contributed by atoms with Crippen molar-refractivity contribution in [2.45, 2.75) is 33.3 Å². The van der Waals surface area contributed by atoms with E-state index in [1.807, 2.05) is 6.07 Å². The molecule has 1 aliphatic heterocycles. The molecular formula is C17H19NO. The summed E-state index contributed by atoms with van der Waals surface area (Å²) in [6.45, 7) is 7.43. The first-order valence-electron chi connectivity index (χ1n) is 6.73. The molecule has 0 amide bonds. The molecule has 1 aromatic carbocycles. The summed E-state index contributed by atoms with van der Waals surface area (Å²) in [6, 6.07) is 12.7. The number of pyridine rings is 1. The topological polar surface area (TPSA) is 22.1 Å². The van der Waals surface area contributed by atoms with Crippen molar-refractivity contribution >= 4 is 0 Å². The van der Waals surface area contributed by atoms with Gasteiger partial charge in [-0.1, -0.05) is 51.1 Å². The highest BCUT2D eigenvalue weighted by Crippen LogP contribution is 2.46. The Kier molecular flexibility index (Phi) is 2.81. The van der Waals surface area contributed by atoms with Crippen LogP contribution in [-0.4, -0.2) is 4.98 Å². The monoisotopic (exact) mass is 253 g/mol. The number of rotatable bonds is 0. The third-order valence-electron chi connectivity index (χ3n) is 3.71. The van der Waals surface area contributed by atoms with Crippen molar-refractivity contribution in [1.82, 2.24) is 4.98 Å². The van der Waals surface area contributed by atoms with Crippen LogP contribution in [0.15, 0.2) is 42.6 Å². The lowest BCUT2D eigenvalue weighted by molar-refractivity contribution is 0.291. The molecule has 1 aromatic heterocycles. The van der Waals surface area contributed by atoms with Gasteiger partial charge in [-0.25, -0.2) is 4.98 Å². The van der Waals surface area contributed by atoms with Crippen LogP contribution < -0.4 is 4.74 Å². The number of ether oxygens (including phenoxy) is 1. The van der Waals surface area contributed by atoms with Crippen LogP contribution in [0.3, 0.4) is 0 Å². The second kappa shape index (κ2) is 4.37. The van der Waals surface area contributed by atoms with Crippen LogP contribution in [0.4, 0.5) is 0 Å². The number of hydrogen-bond acceptors (Lipinski definition) is 2. The van der Waals surface area contributed by atoms with Gasteiger partial charge in [0.2, 0.25) is 5.88 Å². The number of aromatic nitrogens is 1. The van der Waals surface area contributed by atoms with Gasteiger partial charge in [-0.05, 0) is 22.6 Å². The number of nitrogens with zero attached hydrogens (tertiary/aromatic N) is 1. The van der Waals surface area contributed by atoms with Crippen molar-refractivity contribution < 1.29 is 4.74 Å². The smallest absolute Gasteiger partial charge is 0.217 e. The van der Waals surface area contributed by atoms with Gasteiger partial charge in [-0.15, -0.1) is 0 Å². The van der Waals surface area contributed by atoms with Gasteiger partial charge in [0, 0.05) is 17.7 Å². The Morgan fingerprint density at radius 3 is 2.58 bits per heavy atom. The van der Waals surface area contributed by atoms with Gasteiger partial charge in [-0.3, -0.25) is 0 Å². The van der Waals surface area contributed by atoms with Crippen molar-refractivity contribution in [3.05, 3.63) is 59.3 Å². The van der Waals surface area contributed by atoms with Gasteiger partial charge in [0.15, 0.2) is 0 Å². The highest BCUT2D eigenvalue weighted by Gasteiger charge is 2.33. The van der Waals surface area contributed by atoms with E-state index < -0.39 is 0 Å². The second-order valence-corrected chi connectivity index (χ2v) is 6.18. The summed E-state index contributed by atoms with van der Waals surface area (Å²) in [5, 5.41) is 0. The van der Waals surface area contributed by atoms with Gasteiger partial charge in [0.05, 0.1) is 0 Å². The molecule has 2 heterocycles. The molecule has 1 unspecified atom stereocenters. The van der Waals surface area contributed by atoms with Crippen molar-refractivity contribution in [2.75, 3.05) is 0 Å². The van der Waals surface area contributed by atoms with Crippen LogP contribution in [-0.2, 0) is 6.61 Å². The van der Waals surface area contributed by atoms with E-state index in [1.54, 1.807) is 6.20 Å². The zero-order valence-corrected chi connectivity index (χ0v) is 11.7. The zero-order chi connectivity index (χ0) is 13.5. The molecule has 2 aromatic rings. The van der Waals surface area contributed by atoms with Crippen molar-refractivity contribution in [3.63, 3.8) is 0 Å². The Bertz CT molecular complexity index is 551. The van der Waals surface area contributed by atoms with E-state index in [9.17, 15) is 0 Å². The van der Waals surface area contributed by atoms with Gasteiger partial charge in [0.25, 0.3) is 0 Å². The van der Waals surface area contributed by atoms with Crippen LogP contribution in [0.1, 0.15) is 43.4 Å². The summed E-state index contributed by atoms with van der Waals surface area (Å²) in [5.41, 5.74) is 3.95. The van der Waals surface area contributed by atoms with Crippen LogP contribution in [0.2, 0.25) is 0 Å². The summed E-state index contributed by atoms with van der Waals surface area (Å²) in [4.78, 5) is 4.40. The minimum atomic E-state index is 0.127. The maximum atomic E-state index is 5.89. The molecule has 2 heteroatoms. The van der Waals surface area contributed by atoms with E-state index >= 15 is 0 Å². The van der Waals surface area contributed by atoms with Gasteiger partial charge in [-0.2, -0.15) is 0 Å². The lowest BCUT2D eigenvalue weighted by atomic mass is 9.72. The van der Waals surface area contributed by atoms with E-state index in [2.05, 4.69) is 56.1 Å². The third-order valence-corrected chi connectivity index (χ3v) is 3.71. The average molecular weight is 253 g/mol. The number of fused-ring (bicyclic) bond motifs is 2. The molecule has 0 saturated carbocycles. The average Bonchev–Trinajstić information content (AvgIpc) is 2.54. The van der Waals surface area contributed by atoms with Crippen LogP contribution in [0.25, 0.3) is 0 Å². The fourth-order valence-corrected chi connectivity index (χ4v) is 2.94. The maximum Gasteiger partial charge on any atom is 0.217 e. The van der Waals surface area contributed by atoms with Gasteiger partial charge < -0.3 is 4.74 Å². The molecule has 2 nitrogen and oxygen atoms in total. The Morgan fingerprint density at radius 2 is 1.79 bits per heavy atom. The Morgan fingerprint density at radius 1 is 1.05 bits per heavy atom. The molecule has 0 fully saturated rings. The summed E-state index contributed by atoms with van der Waals surface area (Å²) < 4.78 is 5.89. The predicted molar refractivity (Wildman–Crippen MR) is 76.3 cm³/mol. The van der Waals surface area contributed by atoms with Crippen LogP contribution in [0.5, 0.6) is 5.88 Å². The lowest BCUT2D eigenvalue weighted by Gasteiger charge is -2.31. The fraction of sp³-hybridized carbons (Fsp3) is 0.353. The fourth-order valence-electron chi connectivity index (χ4n) is 2.94. The number of hydrogen-bond donors (Lipinski definition) is 0. The largest absolute Gasteiger partial charge is 0.473 e. The van der Waals surface area contributed by atoms with E-state index in [1.165, 1.54) is 16.7 Å². The minimum absolute atomic E-state index is 0.127. The van der Waals surface area contributed by atoms with Crippen molar-refractivity contribution in [1.29, 1.82) is 0 Å². The quantitative estimate of drug-likeness (QED) is 0.703. The van der Waals surface area contributed by atoms with Gasteiger partial charge >= 0.3 is 0 Å². The SMILES string of the molecule is CC(C)(C)C1c2ccccc2COc2ncccc21. The molecular weight excluding hydrogens is 234 g/mol. The molecule has 0 bridgehead atoms. The van der Waals surface area contributed by atoms with Gasteiger partial charge in [0.1, 0.15) is 6.61 Å². The molecule has 1 aliphatic rings. The molecule has 1 atom stereocenters. The first-order chi connectivity index (χ1) is 9.07. The normalized spacial score (nSPS) is 17.9. The number of benzene rings is 1. The predicted octanol–water partition coefficient (Wildman–Crippen LogP) is 4.15. The Balaban J connectivity index is 2.25. The molecule has 0 spiro atoms. The van der Waals surface area contributed by atoms with E-state index in [4.69, 9.17) is 4.74 Å². The molecule has 3 rings (SSSR count). The minimum Gasteiger partial charge on any atom is -0.473 e. The highest BCUT2D eigenvalue weighted by atomic mass is 16.5. The Labute approximate surface area is 114 Å². The molecule has 0 aliphatic carbocycles. The first kappa shape index (κ1) is 12.2. The van der Waals surface area contributed by atoms with Crippen molar-refractivity contribution in [3.8, 4) is 5.88 Å². The van der Waals surface area contributed by atoms with Crippen LogP contribution >= 0.6 is 0 Å². The molecule has 19 heavy (non-hydrogen) atoms. The summed E-state index contributed by atoms with van der Waals surface area (Å²) in [7, 11) is 0. The maximum absolute atomic E-state index is 5.89. The molecule has 0 N–H and O–H groups in total. The van der Waals surface area contributed by atoms with E-state index in [-0.39, 0.29) is 5.41 Å². The summed E-state index contributed by atoms with van der Waals surface area (Å²) in [6.07, 6.45) is 1.80. The third kappa shape index (κ3) is 2.12. The standard InChI is InChI=1S/C17H19NO/c1-17(2,3)15-13-8-5-4-7-12(13)11-19-16-14(15)9-6-10-18-16/h4-10,15H,11H2,1-3H3. The van der Waals surface area contributed by atoms with E-state index in [0.29, 0.717) is 12.5 Å².